The van der Waals surface area contributed by atoms with E-state index < -0.39 is 0 Å². The highest BCUT2D eigenvalue weighted by Gasteiger charge is 2.14. The van der Waals surface area contributed by atoms with Gasteiger partial charge in [0.2, 0.25) is 0 Å². The average Bonchev–Trinajstić information content (AvgIpc) is 3.23. The summed E-state index contributed by atoms with van der Waals surface area (Å²) in [4.78, 5) is 20.9. The highest BCUT2D eigenvalue weighted by Crippen LogP contribution is 2.08. The van der Waals surface area contributed by atoms with E-state index in [-0.39, 0.29) is 6.03 Å². The number of amides is 2. The molecule has 1 N–H and O–H groups in total. The van der Waals surface area contributed by atoms with Crippen LogP contribution in [0.15, 0.2) is 67.3 Å². The van der Waals surface area contributed by atoms with Crippen LogP contribution in [-0.2, 0) is 19.6 Å². The number of urea groups is 1. The number of pyridine rings is 1. The summed E-state index contributed by atoms with van der Waals surface area (Å²) in [6, 6.07) is 13.9. The molecule has 0 radical (unpaired) electrons. The van der Waals surface area contributed by atoms with Gasteiger partial charge in [0.05, 0.1) is 6.54 Å². The third-order valence-corrected chi connectivity index (χ3v) is 4.54. The Morgan fingerprint density at radius 3 is 2.59 bits per heavy atom. The number of aromatic nitrogens is 3. The minimum atomic E-state index is -0.0758. The number of hydrogen-bond acceptors (Lipinski definition) is 4. The normalized spacial score (nSPS) is 10.9. The molecule has 2 heterocycles. The predicted octanol–water partition coefficient (Wildman–Crippen LogP) is 2.60. The molecule has 0 aliphatic heterocycles. The Labute approximate surface area is 172 Å². The van der Waals surface area contributed by atoms with Gasteiger partial charge in [0.25, 0.3) is 0 Å². The van der Waals surface area contributed by atoms with E-state index in [1.54, 1.807) is 18.6 Å². The molecule has 3 rings (SSSR count). The van der Waals surface area contributed by atoms with Crippen molar-refractivity contribution < 1.29 is 4.79 Å². The zero-order valence-corrected chi connectivity index (χ0v) is 17.0. The highest BCUT2D eigenvalue weighted by atomic mass is 16.2. The van der Waals surface area contributed by atoms with E-state index in [1.165, 1.54) is 0 Å². The van der Waals surface area contributed by atoms with E-state index in [1.807, 2.05) is 60.2 Å². The van der Waals surface area contributed by atoms with Crippen molar-refractivity contribution in [2.45, 2.75) is 19.6 Å². The molecular weight excluding hydrogens is 364 g/mol. The fourth-order valence-electron chi connectivity index (χ4n) is 2.99. The molecule has 0 aliphatic carbocycles. The number of nitrogens with zero attached hydrogens (tertiary/aromatic N) is 5. The van der Waals surface area contributed by atoms with E-state index in [9.17, 15) is 4.79 Å². The molecule has 0 saturated carbocycles. The molecule has 0 atom stereocenters. The van der Waals surface area contributed by atoms with Gasteiger partial charge >= 0.3 is 6.03 Å². The number of nitrogens with one attached hydrogen (secondary N) is 1. The smallest absolute Gasteiger partial charge is 0.318 e. The Morgan fingerprint density at radius 1 is 1.03 bits per heavy atom. The van der Waals surface area contributed by atoms with Crippen LogP contribution in [0.3, 0.4) is 0 Å². The van der Waals surface area contributed by atoms with E-state index >= 15 is 0 Å². The van der Waals surface area contributed by atoms with E-state index in [2.05, 4.69) is 32.4 Å². The molecule has 1 aromatic carbocycles. The lowest BCUT2D eigenvalue weighted by molar-refractivity contribution is 0.188. The van der Waals surface area contributed by atoms with E-state index in [0.29, 0.717) is 26.2 Å². The van der Waals surface area contributed by atoms with Crippen molar-refractivity contribution in [1.29, 1.82) is 0 Å². The molecule has 0 aliphatic rings. The second kappa shape index (κ2) is 10.4. The second-order valence-electron chi connectivity index (χ2n) is 7.27. The van der Waals surface area contributed by atoms with Crippen LogP contribution >= 0.6 is 0 Å². The molecule has 152 valence electrons. The summed E-state index contributed by atoms with van der Waals surface area (Å²) in [5.74, 6) is 0. The molecule has 2 aromatic heterocycles. The number of likely N-dealkylation sites (N-methyl/N-ethyl adjacent to an activating group) is 1. The molecule has 0 bridgehead atoms. The van der Waals surface area contributed by atoms with Crippen LogP contribution in [0.2, 0.25) is 0 Å². The first-order valence-corrected chi connectivity index (χ1v) is 9.72. The maximum absolute atomic E-state index is 12.8. The Morgan fingerprint density at radius 2 is 1.86 bits per heavy atom. The molecular formula is C22H28N6O. The first-order valence-electron chi connectivity index (χ1n) is 9.72. The van der Waals surface area contributed by atoms with Crippen LogP contribution in [0.1, 0.15) is 16.7 Å². The van der Waals surface area contributed by atoms with Crippen molar-refractivity contribution in [1.82, 2.24) is 29.9 Å². The maximum atomic E-state index is 12.8. The Hall–Kier alpha value is -3.19. The third-order valence-electron chi connectivity index (χ3n) is 4.54. The van der Waals surface area contributed by atoms with Crippen LogP contribution < -0.4 is 5.32 Å². The summed E-state index contributed by atoms with van der Waals surface area (Å²) >= 11 is 0. The summed E-state index contributed by atoms with van der Waals surface area (Å²) in [7, 11) is 4.01. The molecule has 0 fully saturated rings. The molecule has 0 spiro atoms. The van der Waals surface area contributed by atoms with Crippen molar-refractivity contribution in [3.63, 3.8) is 0 Å². The Kier molecular flexibility index (Phi) is 7.35. The van der Waals surface area contributed by atoms with Crippen molar-refractivity contribution >= 4 is 6.03 Å². The first-order chi connectivity index (χ1) is 14.1. The summed E-state index contributed by atoms with van der Waals surface area (Å²) in [5, 5.41) is 7.30. The quantitative estimate of drug-likeness (QED) is 0.608. The van der Waals surface area contributed by atoms with Gasteiger partial charge in [-0.25, -0.2) is 4.79 Å². The van der Waals surface area contributed by atoms with Crippen molar-refractivity contribution in [2.75, 3.05) is 27.2 Å². The topological polar surface area (TPSA) is 66.3 Å². The van der Waals surface area contributed by atoms with Gasteiger partial charge in [0, 0.05) is 51.0 Å². The van der Waals surface area contributed by atoms with Crippen molar-refractivity contribution in [3.05, 3.63) is 83.9 Å². The summed E-state index contributed by atoms with van der Waals surface area (Å²) in [5.41, 5.74) is 3.24. The van der Waals surface area contributed by atoms with Crippen molar-refractivity contribution in [3.8, 4) is 0 Å². The number of benzene rings is 1. The summed E-state index contributed by atoms with van der Waals surface area (Å²) < 4.78 is 1.88. The molecule has 2 amide bonds. The van der Waals surface area contributed by atoms with Gasteiger partial charge in [-0.1, -0.05) is 30.3 Å². The maximum Gasteiger partial charge on any atom is 0.318 e. The fourth-order valence-corrected chi connectivity index (χ4v) is 2.99. The third kappa shape index (κ3) is 6.73. The SMILES string of the molecule is CN(C)CCN(Cc1cccnc1)C(=O)NCc1cccc(Cn2cccn2)c1. The second-order valence-corrected chi connectivity index (χ2v) is 7.27. The largest absolute Gasteiger partial charge is 0.334 e. The Bertz CT molecular complexity index is 879. The average molecular weight is 393 g/mol. The zero-order chi connectivity index (χ0) is 20.5. The zero-order valence-electron chi connectivity index (χ0n) is 17.0. The Balaban J connectivity index is 1.60. The van der Waals surface area contributed by atoms with Crippen LogP contribution in [0, 0.1) is 0 Å². The lowest BCUT2D eigenvalue weighted by Crippen LogP contribution is -2.42. The molecule has 7 nitrogen and oxygen atoms in total. The number of hydrogen-bond donors (Lipinski definition) is 1. The van der Waals surface area contributed by atoms with E-state index in [0.717, 1.165) is 23.2 Å². The van der Waals surface area contributed by atoms with Gasteiger partial charge in [-0.05, 0) is 42.9 Å². The molecule has 29 heavy (non-hydrogen) atoms. The monoisotopic (exact) mass is 392 g/mol. The summed E-state index contributed by atoms with van der Waals surface area (Å²) in [6.07, 6.45) is 7.25. The first kappa shape index (κ1) is 20.5. The number of carbonyl (C=O) groups excluding carboxylic acids is 1. The van der Waals surface area contributed by atoms with E-state index in [4.69, 9.17) is 0 Å². The van der Waals surface area contributed by atoms with Gasteiger partial charge in [-0.2, -0.15) is 5.10 Å². The van der Waals surface area contributed by atoms with Gasteiger partial charge in [-0.3, -0.25) is 9.67 Å². The lowest BCUT2D eigenvalue weighted by atomic mass is 10.1. The minimum Gasteiger partial charge on any atom is -0.334 e. The number of carbonyl (C=O) groups is 1. The summed E-state index contributed by atoms with van der Waals surface area (Å²) in [6.45, 7) is 3.18. The lowest BCUT2D eigenvalue weighted by Gasteiger charge is -2.25. The van der Waals surface area contributed by atoms with Gasteiger partial charge in [-0.15, -0.1) is 0 Å². The van der Waals surface area contributed by atoms with Gasteiger partial charge in [0.1, 0.15) is 0 Å². The van der Waals surface area contributed by atoms with Gasteiger partial charge in [0.15, 0.2) is 0 Å². The molecule has 0 unspecified atom stereocenters. The fraction of sp³-hybridized carbons (Fsp3) is 0.318. The molecule has 3 aromatic rings. The predicted molar refractivity (Wildman–Crippen MR) is 113 cm³/mol. The van der Waals surface area contributed by atoms with Gasteiger partial charge < -0.3 is 15.1 Å². The highest BCUT2D eigenvalue weighted by molar-refractivity contribution is 5.74. The van der Waals surface area contributed by atoms with Crippen LogP contribution in [-0.4, -0.2) is 57.8 Å². The van der Waals surface area contributed by atoms with Crippen LogP contribution in [0.25, 0.3) is 0 Å². The standard InChI is InChI=1S/C22H28N6O/c1-26(2)12-13-27(17-21-8-4-9-23-15-21)22(29)24-16-19-6-3-7-20(14-19)18-28-11-5-10-25-28/h3-11,14-15H,12-13,16-18H2,1-2H3,(H,24,29). The molecule has 7 heteroatoms. The van der Waals surface area contributed by atoms with Crippen molar-refractivity contribution in [2.24, 2.45) is 0 Å². The molecule has 0 saturated heterocycles. The minimum absolute atomic E-state index is 0.0758. The number of rotatable bonds is 9. The van der Waals surface area contributed by atoms with Crippen LogP contribution in [0.4, 0.5) is 4.79 Å². The van der Waals surface area contributed by atoms with Crippen LogP contribution in [0.5, 0.6) is 0 Å².